The van der Waals surface area contributed by atoms with Crippen molar-refractivity contribution >= 4 is 33.6 Å². The quantitative estimate of drug-likeness (QED) is 0.479. The van der Waals surface area contributed by atoms with Crippen LogP contribution in [0.5, 0.6) is 0 Å². The van der Waals surface area contributed by atoms with Gasteiger partial charge in [-0.1, -0.05) is 53.5 Å². The lowest BCUT2D eigenvalue weighted by Gasteiger charge is -2.12. The Kier molecular flexibility index (Phi) is 8.15. The summed E-state index contributed by atoms with van der Waals surface area (Å²) in [5.41, 5.74) is 1.92. The van der Waals surface area contributed by atoms with E-state index in [4.69, 9.17) is 4.74 Å². The smallest absolute Gasteiger partial charge is 0.340 e. The first kappa shape index (κ1) is 20.0. The summed E-state index contributed by atoms with van der Waals surface area (Å²) in [5.74, 6) is -0.427. The van der Waals surface area contributed by atoms with E-state index in [-0.39, 0.29) is 6.03 Å². The van der Waals surface area contributed by atoms with Gasteiger partial charge in [0.25, 0.3) is 0 Å². The van der Waals surface area contributed by atoms with Crippen molar-refractivity contribution in [1.29, 1.82) is 0 Å². The lowest BCUT2D eigenvalue weighted by molar-refractivity contribution is 0.0501. The summed E-state index contributed by atoms with van der Waals surface area (Å²) >= 11 is 3.43. The number of esters is 1. The summed E-state index contributed by atoms with van der Waals surface area (Å²) in [5, 5.41) is 5.52. The van der Waals surface area contributed by atoms with Crippen molar-refractivity contribution in [3.63, 3.8) is 0 Å². The largest absolute Gasteiger partial charge is 0.462 e. The Morgan fingerprint density at radius 3 is 2.69 bits per heavy atom. The standard InChI is InChI=1S/C20H23BrN2O3/c1-2-3-13-26-19(24)17-9-4-5-10-18(17)23-20(25)22-12-11-15-7-6-8-16(21)14-15/h4-10,14H,2-3,11-13H2,1H3,(H2,22,23,25). The summed E-state index contributed by atoms with van der Waals surface area (Å²) in [6.07, 6.45) is 2.48. The molecule has 0 unspecified atom stereocenters. The van der Waals surface area contributed by atoms with Gasteiger partial charge in [0, 0.05) is 11.0 Å². The third kappa shape index (κ3) is 6.52. The summed E-state index contributed by atoms with van der Waals surface area (Å²) in [6.45, 7) is 2.90. The van der Waals surface area contributed by atoms with Crippen LogP contribution in [0.4, 0.5) is 10.5 Å². The van der Waals surface area contributed by atoms with E-state index in [0.29, 0.717) is 30.8 Å². The first-order chi connectivity index (χ1) is 12.6. The molecule has 0 heterocycles. The van der Waals surface area contributed by atoms with E-state index < -0.39 is 5.97 Å². The van der Waals surface area contributed by atoms with Crippen LogP contribution in [0.3, 0.4) is 0 Å². The topological polar surface area (TPSA) is 67.4 Å². The fraction of sp³-hybridized carbons (Fsp3) is 0.300. The number of carbonyl (C=O) groups is 2. The fourth-order valence-corrected chi connectivity index (χ4v) is 2.78. The molecule has 0 aromatic heterocycles. The molecule has 0 bridgehead atoms. The Morgan fingerprint density at radius 2 is 1.92 bits per heavy atom. The van der Waals surface area contributed by atoms with E-state index in [1.54, 1.807) is 24.3 Å². The third-order valence-corrected chi connectivity index (χ3v) is 4.21. The Morgan fingerprint density at radius 1 is 1.12 bits per heavy atom. The summed E-state index contributed by atoms with van der Waals surface area (Å²) in [4.78, 5) is 24.3. The van der Waals surface area contributed by atoms with Crippen LogP contribution in [-0.4, -0.2) is 25.2 Å². The summed E-state index contributed by atoms with van der Waals surface area (Å²) < 4.78 is 6.24. The number of halogens is 1. The summed E-state index contributed by atoms with van der Waals surface area (Å²) in [6, 6.07) is 14.4. The maximum absolute atomic E-state index is 12.2. The lowest BCUT2D eigenvalue weighted by atomic mass is 10.1. The number of urea groups is 1. The maximum Gasteiger partial charge on any atom is 0.340 e. The van der Waals surface area contributed by atoms with Crippen molar-refractivity contribution < 1.29 is 14.3 Å². The second kappa shape index (κ2) is 10.6. The number of rotatable bonds is 8. The van der Waals surface area contributed by atoms with Crippen LogP contribution in [0.1, 0.15) is 35.7 Å². The minimum Gasteiger partial charge on any atom is -0.462 e. The highest BCUT2D eigenvalue weighted by Crippen LogP contribution is 2.16. The van der Waals surface area contributed by atoms with Crippen molar-refractivity contribution in [3.8, 4) is 0 Å². The number of hydrogen-bond acceptors (Lipinski definition) is 3. The number of anilines is 1. The zero-order valence-corrected chi connectivity index (χ0v) is 16.3. The molecule has 0 fully saturated rings. The van der Waals surface area contributed by atoms with Gasteiger partial charge < -0.3 is 15.4 Å². The molecule has 6 heteroatoms. The molecule has 0 aliphatic rings. The molecule has 0 aliphatic heterocycles. The Labute approximate surface area is 162 Å². The van der Waals surface area contributed by atoms with Crippen LogP contribution < -0.4 is 10.6 Å². The molecule has 0 atom stereocenters. The predicted octanol–water partition coefficient (Wildman–Crippen LogP) is 4.77. The van der Waals surface area contributed by atoms with E-state index in [9.17, 15) is 9.59 Å². The van der Waals surface area contributed by atoms with Gasteiger partial charge in [0.15, 0.2) is 0 Å². The average molecular weight is 419 g/mol. The first-order valence-electron chi connectivity index (χ1n) is 8.65. The van der Waals surface area contributed by atoms with Crippen molar-refractivity contribution in [1.82, 2.24) is 5.32 Å². The number of nitrogens with one attached hydrogen (secondary N) is 2. The number of amides is 2. The fourth-order valence-electron chi connectivity index (χ4n) is 2.34. The zero-order chi connectivity index (χ0) is 18.8. The molecule has 2 rings (SSSR count). The normalized spacial score (nSPS) is 10.2. The zero-order valence-electron chi connectivity index (χ0n) is 14.8. The van der Waals surface area contributed by atoms with Crippen LogP contribution in [0, 0.1) is 0 Å². The van der Waals surface area contributed by atoms with Crippen LogP contribution in [0.2, 0.25) is 0 Å². The van der Waals surface area contributed by atoms with Gasteiger partial charge in [-0.15, -0.1) is 0 Å². The average Bonchev–Trinajstić information content (AvgIpc) is 2.62. The number of benzene rings is 2. The van der Waals surface area contributed by atoms with E-state index in [1.165, 1.54) is 0 Å². The number of hydrogen-bond donors (Lipinski definition) is 2. The number of unbranched alkanes of at least 4 members (excludes halogenated alkanes) is 1. The van der Waals surface area contributed by atoms with Crippen molar-refractivity contribution in [2.75, 3.05) is 18.5 Å². The number of carbonyl (C=O) groups excluding carboxylic acids is 2. The van der Waals surface area contributed by atoms with Crippen molar-refractivity contribution in [2.24, 2.45) is 0 Å². The van der Waals surface area contributed by atoms with Gasteiger partial charge in [0.05, 0.1) is 17.9 Å². The van der Waals surface area contributed by atoms with Gasteiger partial charge in [0.1, 0.15) is 0 Å². The van der Waals surface area contributed by atoms with E-state index in [0.717, 1.165) is 22.9 Å². The molecule has 5 nitrogen and oxygen atoms in total. The second-order valence-electron chi connectivity index (χ2n) is 5.80. The van der Waals surface area contributed by atoms with Crippen LogP contribution in [0.15, 0.2) is 53.0 Å². The molecule has 0 saturated carbocycles. The highest BCUT2D eigenvalue weighted by Gasteiger charge is 2.14. The van der Waals surface area contributed by atoms with Gasteiger partial charge in [-0.25, -0.2) is 9.59 Å². The molecule has 138 valence electrons. The van der Waals surface area contributed by atoms with Crippen LogP contribution in [0.25, 0.3) is 0 Å². The van der Waals surface area contributed by atoms with Crippen molar-refractivity contribution in [3.05, 3.63) is 64.1 Å². The van der Waals surface area contributed by atoms with Gasteiger partial charge >= 0.3 is 12.0 Å². The minimum atomic E-state index is -0.427. The maximum atomic E-state index is 12.2. The molecule has 0 radical (unpaired) electrons. The SMILES string of the molecule is CCCCOC(=O)c1ccccc1NC(=O)NCCc1cccc(Br)c1. The van der Waals surface area contributed by atoms with E-state index >= 15 is 0 Å². The molecule has 2 aromatic rings. The van der Waals surface area contributed by atoms with Gasteiger partial charge in [-0.05, 0) is 42.7 Å². The van der Waals surface area contributed by atoms with Gasteiger partial charge in [-0.2, -0.15) is 0 Å². The third-order valence-electron chi connectivity index (χ3n) is 3.71. The van der Waals surface area contributed by atoms with Gasteiger partial charge in [0.2, 0.25) is 0 Å². The monoisotopic (exact) mass is 418 g/mol. The highest BCUT2D eigenvalue weighted by atomic mass is 79.9. The molecule has 2 aromatic carbocycles. The molecular weight excluding hydrogens is 396 g/mol. The first-order valence-corrected chi connectivity index (χ1v) is 9.45. The van der Waals surface area contributed by atoms with Crippen LogP contribution in [-0.2, 0) is 11.2 Å². The predicted molar refractivity (Wildman–Crippen MR) is 106 cm³/mol. The van der Waals surface area contributed by atoms with E-state index in [2.05, 4.69) is 26.6 Å². The molecule has 0 aliphatic carbocycles. The summed E-state index contributed by atoms with van der Waals surface area (Å²) in [7, 11) is 0. The van der Waals surface area contributed by atoms with Gasteiger partial charge in [-0.3, -0.25) is 0 Å². The lowest BCUT2D eigenvalue weighted by Crippen LogP contribution is -2.31. The number of ether oxygens (including phenoxy) is 1. The molecule has 26 heavy (non-hydrogen) atoms. The molecule has 0 saturated heterocycles. The molecular formula is C20H23BrN2O3. The highest BCUT2D eigenvalue weighted by molar-refractivity contribution is 9.10. The Bertz CT molecular complexity index is 749. The molecule has 2 N–H and O–H groups in total. The second-order valence-corrected chi connectivity index (χ2v) is 6.71. The Hall–Kier alpha value is -2.34. The Balaban J connectivity index is 1.87. The van der Waals surface area contributed by atoms with Crippen LogP contribution >= 0.6 is 15.9 Å². The molecule has 2 amide bonds. The van der Waals surface area contributed by atoms with Crippen molar-refractivity contribution in [2.45, 2.75) is 26.2 Å². The molecule has 0 spiro atoms. The number of para-hydroxylation sites is 1. The minimum absolute atomic E-state index is 0.353. The van der Waals surface area contributed by atoms with E-state index in [1.807, 2.05) is 31.2 Å².